The molecular weight excluding hydrogens is 627 g/mol. The van der Waals surface area contributed by atoms with Crippen LogP contribution in [-0.4, -0.2) is 70.1 Å². The number of nitrogens with zero attached hydrogens (tertiary/aromatic N) is 2. The van der Waals surface area contributed by atoms with Crippen LogP contribution in [0.1, 0.15) is 28.4 Å². The molecule has 2 aliphatic heterocycles. The van der Waals surface area contributed by atoms with Crippen LogP contribution in [0.15, 0.2) is 90.7 Å². The van der Waals surface area contributed by atoms with E-state index in [1.54, 1.807) is 31.4 Å². The second-order valence-electron chi connectivity index (χ2n) is 11.9. The fourth-order valence-electron chi connectivity index (χ4n) is 6.72. The molecule has 1 aromatic heterocycles. The Morgan fingerprint density at radius 2 is 1.46 bits per heavy atom. The maximum absolute atomic E-state index is 11.9. The number of benzene rings is 3. The minimum atomic E-state index is -3.60. The standard InChI is InChI=1S/C33H37N5O6S2/c1-4-45(40,41)35-25-10-6-23(7-11-25)17-37-20-33(21-37)22-38(18-24-8-12-26(13-9-24)36-46(42,43)5-2)30(19-39)32-31(33)28-15-14-27(44-3)16-29(28)34-32/h4-16,30,34-36,39H,1-2,17-22H2,3H3. The molecule has 0 radical (unpaired) electrons. The molecule has 6 rings (SSSR count). The number of aliphatic hydroxyl groups is 1. The maximum Gasteiger partial charge on any atom is 0.254 e. The Kier molecular flexibility index (Phi) is 8.46. The summed E-state index contributed by atoms with van der Waals surface area (Å²) in [7, 11) is -5.54. The fourth-order valence-corrected chi connectivity index (χ4v) is 7.82. The van der Waals surface area contributed by atoms with Gasteiger partial charge in [0.15, 0.2) is 0 Å². The van der Waals surface area contributed by atoms with Crippen molar-refractivity contribution in [2.75, 3.05) is 42.8 Å². The van der Waals surface area contributed by atoms with Crippen LogP contribution in [0, 0.1) is 0 Å². The van der Waals surface area contributed by atoms with E-state index in [0.29, 0.717) is 31.0 Å². The first-order chi connectivity index (χ1) is 22.0. The minimum absolute atomic E-state index is 0.0735. The maximum atomic E-state index is 11.9. The van der Waals surface area contributed by atoms with Crippen LogP contribution in [-0.2, 0) is 38.6 Å². The van der Waals surface area contributed by atoms with Gasteiger partial charge in [-0.25, -0.2) is 16.8 Å². The molecule has 2 aliphatic rings. The topological polar surface area (TPSA) is 144 Å². The van der Waals surface area contributed by atoms with E-state index in [1.165, 1.54) is 5.56 Å². The van der Waals surface area contributed by atoms with Gasteiger partial charge in [-0.3, -0.25) is 19.2 Å². The van der Waals surface area contributed by atoms with E-state index in [-0.39, 0.29) is 18.1 Å². The number of sulfonamides is 2. The Morgan fingerprint density at radius 3 is 1.98 bits per heavy atom. The van der Waals surface area contributed by atoms with E-state index in [4.69, 9.17) is 4.74 Å². The summed E-state index contributed by atoms with van der Waals surface area (Å²) >= 11 is 0. The van der Waals surface area contributed by atoms with Crippen LogP contribution in [0.5, 0.6) is 5.75 Å². The molecule has 13 heteroatoms. The molecule has 4 aromatic rings. The summed E-state index contributed by atoms with van der Waals surface area (Å²) in [6.45, 7) is 10.2. The molecule has 0 amide bonds. The van der Waals surface area contributed by atoms with E-state index in [0.717, 1.165) is 57.4 Å². The van der Waals surface area contributed by atoms with E-state index in [1.807, 2.05) is 36.4 Å². The molecule has 1 atom stereocenters. The van der Waals surface area contributed by atoms with Gasteiger partial charge in [-0.1, -0.05) is 37.4 Å². The average Bonchev–Trinajstić information content (AvgIpc) is 3.41. The number of anilines is 2. The largest absolute Gasteiger partial charge is 0.497 e. The van der Waals surface area contributed by atoms with Crippen LogP contribution in [0.4, 0.5) is 11.4 Å². The smallest absolute Gasteiger partial charge is 0.254 e. The van der Waals surface area contributed by atoms with Crippen molar-refractivity contribution in [1.29, 1.82) is 0 Å². The second-order valence-corrected chi connectivity index (χ2v) is 15.1. The Balaban J connectivity index is 1.27. The minimum Gasteiger partial charge on any atom is -0.497 e. The number of methoxy groups -OCH3 is 1. The second kappa shape index (κ2) is 12.2. The lowest BCUT2D eigenvalue weighted by atomic mass is 9.68. The molecule has 11 nitrogen and oxygen atoms in total. The first-order valence-corrected chi connectivity index (χ1v) is 17.8. The van der Waals surface area contributed by atoms with Crippen molar-refractivity contribution < 1.29 is 26.7 Å². The van der Waals surface area contributed by atoms with Gasteiger partial charge in [-0.15, -0.1) is 0 Å². The zero-order valence-electron chi connectivity index (χ0n) is 25.4. The number of ether oxygens (including phenoxy) is 1. The molecule has 0 saturated carbocycles. The molecule has 4 N–H and O–H groups in total. The summed E-state index contributed by atoms with van der Waals surface area (Å²) in [6, 6.07) is 20.3. The van der Waals surface area contributed by atoms with Crippen molar-refractivity contribution in [3.05, 3.63) is 113 Å². The van der Waals surface area contributed by atoms with Gasteiger partial charge in [0, 0.05) is 83.0 Å². The first-order valence-electron chi connectivity index (χ1n) is 14.7. The number of rotatable bonds is 12. The fraction of sp³-hybridized carbons (Fsp3) is 0.273. The summed E-state index contributed by atoms with van der Waals surface area (Å²) in [6.07, 6.45) is 0. The molecule has 0 aliphatic carbocycles. The molecule has 1 unspecified atom stereocenters. The Morgan fingerprint density at radius 1 is 0.891 bits per heavy atom. The number of aromatic amines is 1. The van der Waals surface area contributed by atoms with Gasteiger partial charge in [0.25, 0.3) is 20.0 Å². The number of aromatic nitrogens is 1. The molecule has 46 heavy (non-hydrogen) atoms. The van der Waals surface area contributed by atoms with Crippen LogP contribution in [0.3, 0.4) is 0 Å². The van der Waals surface area contributed by atoms with Crippen molar-refractivity contribution in [3.63, 3.8) is 0 Å². The predicted molar refractivity (Wildman–Crippen MR) is 180 cm³/mol. The predicted octanol–water partition coefficient (Wildman–Crippen LogP) is 4.25. The molecule has 3 heterocycles. The molecule has 0 bridgehead atoms. The van der Waals surface area contributed by atoms with Crippen molar-refractivity contribution >= 4 is 42.3 Å². The zero-order valence-corrected chi connectivity index (χ0v) is 27.1. The molecule has 1 spiro atoms. The quantitative estimate of drug-likeness (QED) is 0.176. The van der Waals surface area contributed by atoms with Gasteiger partial charge < -0.3 is 14.8 Å². The van der Waals surface area contributed by atoms with Crippen molar-refractivity contribution in [2.45, 2.75) is 24.5 Å². The normalized spacial score (nSPS) is 18.1. The summed E-state index contributed by atoms with van der Waals surface area (Å²) in [5, 5.41) is 13.6. The van der Waals surface area contributed by atoms with Gasteiger partial charge in [-0.05, 0) is 53.1 Å². The van der Waals surface area contributed by atoms with Gasteiger partial charge >= 0.3 is 0 Å². The van der Waals surface area contributed by atoms with Crippen molar-refractivity contribution in [2.24, 2.45) is 0 Å². The highest BCUT2D eigenvalue weighted by atomic mass is 32.2. The van der Waals surface area contributed by atoms with Gasteiger partial charge in [0.05, 0.1) is 19.8 Å². The Hall–Kier alpha value is -4.14. The highest BCUT2D eigenvalue weighted by Crippen LogP contribution is 2.49. The van der Waals surface area contributed by atoms with Crippen LogP contribution in [0.2, 0.25) is 0 Å². The molecule has 242 valence electrons. The summed E-state index contributed by atoms with van der Waals surface area (Å²) in [5.41, 5.74) is 5.95. The first kappa shape index (κ1) is 31.8. The van der Waals surface area contributed by atoms with E-state index in [2.05, 4.69) is 43.5 Å². The monoisotopic (exact) mass is 663 g/mol. The number of H-pyrrole nitrogens is 1. The third-order valence-electron chi connectivity index (χ3n) is 8.73. The van der Waals surface area contributed by atoms with Gasteiger partial charge in [0.2, 0.25) is 0 Å². The van der Waals surface area contributed by atoms with Crippen LogP contribution < -0.4 is 14.2 Å². The lowest BCUT2D eigenvalue weighted by Gasteiger charge is -2.56. The van der Waals surface area contributed by atoms with Crippen molar-refractivity contribution in [1.82, 2.24) is 14.8 Å². The Labute approximate surface area is 269 Å². The van der Waals surface area contributed by atoms with Crippen molar-refractivity contribution in [3.8, 4) is 5.75 Å². The summed E-state index contributed by atoms with van der Waals surface area (Å²) < 4.78 is 57.9. The zero-order chi connectivity index (χ0) is 32.7. The number of aliphatic hydroxyl groups excluding tert-OH is 1. The summed E-state index contributed by atoms with van der Waals surface area (Å²) in [4.78, 5) is 8.27. The van der Waals surface area contributed by atoms with E-state index in [9.17, 15) is 21.9 Å². The van der Waals surface area contributed by atoms with E-state index < -0.39 is 20.0 Å². The third-order valence-corrected chi connectivity index (χ3v) is 10.6. The lowest BCUT2D eigenvalue weighted by Crippen LogP contribution is -2.65. The number of nitrogens with one attached hydrogen (secondary N) is 3. The van der Waals surface area contributed by atoms with E-state index >= 15 is 0 Å². The Bertz CT molecular complexity index is 1980. The highest BCUT2D eigenvalue weighted by molar-refractivity contribution is 7.95. The van der Waals surface area contributed by atoms with Crippen LogP contribution >= 0.6 is 0 Å². The SMILES string of the molecule is C=CS(=O)(=O)Nc1ccc(CN2CC3(C2)CN(Cc2ccc(NS(=O)(=O)C=C)cc2)C(CO)c2[nH]c4cc(OC)ccc4c23)cc1. The van der Waals surface area contributed by atoms with Gasteiger partial charge in [-0.2, -0.15) is 0 Å². The lowest BCUT2D eigenvalue weighted by molar-refractivity contribution is -0.0119. The number of hydrogen-bond acceptors (Lipinski definition) is 8. The molecule has 1 saturated heterocycles. The number of hydrogen-bond donors (Lipinski definition) is 4. The molecule has 3 aromatic carbocycles. The van der Waals surface area contributed by atoms with Crippen LogP contribution in [0.25, 0.3) is 10.9 Å². The summed E-state index contributed by atoms with van der Waals surface area (Å²) in [5.74, 6) is 0.749. The number of fused-ring (bicyclic) bond motifs is 4. The third kappa shape index (κ3) is 6.29. The average molecular weight is 664 g/mol. The highest BCUT2D eigenvalue weighted by Gasteiger charge is 2.52. The number of likely N-dealkylation sites (tertiary alicyclic amines) is 1. The molecule has 1 fully saturated rings. The molecular formula is C33H37N5O6S2. The van der Waals surface area contributed by atoms with Gasteiger partial charge in [0.1, 0.15) is 5.75 Å².